The highest BCUT2D eigenvalue weighted by Crippen LogP contribution is 2.32. The van der Waals surface area contributed by atoms with Crippen LogP contribution in [0, 0.1) is 0 Å². The Balaban J connectivity index is 2.10. The first-order chi connectivity index (χ1) is 8.85. The average molecular weight is 244 g/mol. The molecule has 0 radical (unpaired) electrons. The summed E-state index contributed by atoms with van der Waals surface area (Å²) < 4.78 is 2.27. The Labute approximate surface area is 108 Å². The predicted molar refractivity (Wildman–Crippen MR) is 72.4 cm³/mol. The number of hydrogen-bond acceptors (Lipinski definition) is 3. The van der Waals surface area contributed by atoms with Crippen molar-refractivity contribution in [1.29, 1.82) is 0 Å². The normalized spacial score (nSPS) is 20.9. The Hall–Kier alpha value is -1.42. The number of pyridine rings is 1. The third-order valence-electron chi connectivity index (χ3n) is 3.92. The van der Waals surface area contributed by atoms with Crippen LogP contribution in [0.5, 0.6) is 0 Å². The lowest BCUT2D eigenvalue weighted by Gasteiger charge is -2.22. The van der Waals surface area contributed by atoms with Gasteiger partial charge in [-0.3, -0.25) is 4.90 Å². The zero-order chi connectivity index (χ0) is 12.5. The molecule has 2 aromatic rings. The maximum atomic E-state index is 4.82. The van der Waals surface area contributed by atoms with Gasteiger partial charge in [-0.1, -0.05) is 6.92 Å². The Morgan fingerprint density at radius 3 is 3.00 bits per heavy atom. The van der Waals surface area contributed by atoms with E-state index in [1.165, 1.54) is 25.2 Å². The van der Waals surface area contributed by atoms with Gasteiger partial charge in [0.1, 0.15) is 11.3 Å². The van der Waals surface area contributed by atoms with Gasteiger partial charge in [-0.2, -0.15) is 0 Å². The van der Waals surface area contributed by atoms with Gasteiger partial charge in [0.15, 0.2) is 5.65 Å². The Morgan fingerprint density at radius 1 is 1.33 bits per heavy atom. The first kappa shape index (κ1) is 11.7. The summed E-state index contributed by atoms with van der Waals surface area (Å²) >= 11 is 0. The number of hydrogen-bond donors (Lipinski definition) is 0. The highest BCUT2D eigenvalue weighted by molar-refractivity contribution is 5.71. The highest BCUT2D eigenvalue weighted by Gasteiger charge is 2.29. The zero-order valence-electron chi connectivity index (χ0n) is 11.1. The van der Waals surface area contributed by atoms with Crippen molar-refractivity contribution in [3.63, 3.8) is 0 Å². The van der Waals surface area contributed by atoms with Crippen molar-refractivity contribution in [3.8, 4) is 0 Å². The number of likely N-dealkylation sites (tertiary alicyclic amines) is 1. The maximum absolute atomic E-state index is 4.82. The van der Waals surface area contributed by atoms with E-state index >= 15 is 0 Å². The van der Waals surface area contributed by atoms with Crippen molar-refractivity contribution in [1.82, 2.24) is 19.4 Å². The molecule has 2 aromatic heterocycles. The molecule has 0 bridgehead atoms. The number of rotatable bonds is 3. The van der Waals surface area contributed by atoms with Gasteiger partial charge in [-0.15, -0.1) is 0 Å². The molecule has 1 aliphatic heterocycles. The third kappa shape index (κ3) is 1.72. The minimum absolute atomic E-state index is 0.476. The minimum atomic E-state index is 0.476. The molecular formula is C14H20N4. The molecule has 1 unspecified atom stereocenters. The second-order valence-electron chi connectivity index (χ2n) is 4.85. The second kappa shape index (κ2) is 4.69. The van der Waals surface area contributed by atoms with E-state index in [4.69, 9.17) is 4.98 Å². The molecule has 96 valence electrons. The molecule has 1 atom stereocenters. The third-order valence-corrected chi connectivity index (χ3v) is 3.92. The summed E-state index contributed by atoms with van der Waals surface area (Å²) in [4.78, 5) is 11.8. The summed E-state index contributed by atoms with van der Waals surface area (Å²) in [6.07, 6.45) is 4.35. The Kier molecular flexibility index (Phi) is 3.04. The van der Waals surface area contributed by atoms with Gasteiger partial charge in [-0.25, -0.2) is 9.97 Å². The van der Waals surface area contributed by atoms with Crippen LogP contribution < -0.4 is 0 Å². The van der Waals surface area contributed by atoms with Gasteiger partial charge in [0, 0.05) is 12.7 Å². The number of nitrogens with zero attached hydrogens (tertiary/aromatic N) is 4. The first-order valence-corrected chi connectivity index (χ1v) is 6.90. The summed E-state index contributed by atoms with van der Waals surface area (Å²) in [7, 11) is 0. The molecule has 3 heterocycles. The van der Waals surface area contributed by atoms with Crippen LogP contribution in [-0.4, -0.2) is 32.5 Å². The summed E-state index contributed by atoms with van der Waals surface area (Å²) in [6.45, 7) is 7.64. The van der Waals surface area contributed by atoms with Crippen molar-refractivity contribution in [3.05, 3.63) is 24.2 Å². The van der Waals surface area contributed by atoms with Crippen molar-refractivity contribution in [2.24, 2.45) is 0 Å². The fourth-order valence-electron chi connectivity index (χ4n) is 3.04. The molecule has 4 heteroatoms. The van der Waals surface area contributed by atoms with Crippen molar-refractivity contribution < 1.29 is 0 Å². The van der Waals surface area contributed by atoms with Crippen LogP contribution in [0.25, 0.3) is 11.2 Å². The molecule has 0 N–H and O–H groups in total. The van der Waals surface area contributed by atoms with Gasteiger partial charge in [0.05, 0.1) is 6.04 Å². The van der Waals surface area contributed by atoms with Crippen LogP contribution in [-0.2, 0) is 6.54 Å². The van der Waals surface area contributed by atoms with Gasteiger partial charge in [0.25, 0.3) is 0 Å². The standard InChI is InChI=1S/C14H20N4/c1-3-17-10-6-8-12(17)14-16-11-7-5-9-15-13(11)18(14)4-2/h5,7,9,12H,3-4,6,8,10H2,1-2H3. The number of aryl methyl sites for hydroxylation is 1. The van der Waals surface area contributed by atoms with Crippen molar-refractivity contribution >= 4 is 11.2 Å². The van der Waals surface area contributed by atoms with E-state index in [0.717, 1.165) is 24.3 Å². The first-order valence-electron chi connectivity index (χ1n) is 6.90. The fraction of sp³-hybridized carbons (Fsp3) is 0.571. The molecule has 1 saturated heterocycles. The lowest BCUT2D eigenvalue weighted by molar-refractivity contribution is 0.257. The fourth-order valence-corrected chi connectivity index (χ4v) is 3.04. The molecule has 0 aromatic carbocycles. The minimum Gasteiger partial charge on any atom is -0.312 e. The van der Waals surface area contributed by atoms with Crippen molar-refractivity contribution in [2.75, 3.05) is 13.1 Å². The van der Waals surface area contributed by atoms with Crippen LogP contribution in [0.2, 0.25) is 0 Å². The molecular weight excluding hydrogens is 224 g/mol. The monoisotopic (exact) mass is 244 g/mol. The van der Waals surface area contributed by atoms with E-state index in [-0.39, 0.29) is 0 Å². The Morgan fingerprint density at radius 2 is 2.22 bits per heavy atom. The number of aromatic nitrogens is 3. The average Bonchev–Trinajstić information content (AvgIpc) is 3.01. The molecule has 0 saturated carbocycles. The van der Waals surface area contributed by atoms with Crippen LogP contribution >= 0.6 is 0 Å². The molecule has 3 rings (SSSR count). The van der Waals surface area contributed by atoms with E-state index in [2.05, 4.69) is 34.4 Å². The van der Waals surface area contributed by atoms with Crippen LogP contribution in [0.1, 0.15) is 38.6 Å². The zero-order valence-corrected chi connectivity index (χ0v) is 11.1. The van der Waals surface area contributed by atoms with E-state index in [1.807, 2.05) is 12.3 Å². The van der Waals surface area contributed by atoms with E-state index in [1.54, 1.807) is 0 Å². The summed E-state index contributed by atoms with van der Waals surface area (Å²) in [5.41, 5.74) is 2.05. The summed E-state index contributed by atoms with van der Waals surface area (Å²) in [6, 6.07) is 4.50. The van der Waals surface area contributed by atoms with Gasteiger partial charge in [0.2, 0.25) is 0 Å². The Bertz CT molecular complexity index is 546. The summed E-state index contributed by atoms with van der Waals surface area (Å²) in [5.74, 6) is 1.20. The molecule has 18 heavy (non-hydrogen) atoms. The van der Waals surface area contributed by atoms with Gasteiger partial charge in [-0.05, 0) is 45.0 Å². The molecule has 0 amide bonds. The lowest BCUT2D eigenvalue weighted by atomic mass is 10.2. The van der Waals surface area contributed by atoms with Crippen LogP contribution in [0.3, 0.4) is 0 Å². The van der Waals surface area contributed by atoms with Gasteiger partial charge >= 0.3 is 0 Å². The molecule has 1 aliphatic rings. The van der Waals surface area contributed by atoms with E-state index < -0.39 is 0 Å². The lowest BCUT2D eigenvalue weighted by Crippen LogP contribution is -2.25. The van der Waals surface area contributed by atoms with E-state index in [9.17, 15) is 0 Å². The summed E-state index contributed by atoms with van der Waals surface area (Å²) in [5, 5.41) is 0. The maximum Gasteiger partial charge on any atom is 0.160 e. The van der Waals surface area contributed by atoms with Crippen LogP contribution in [0.15, 0.2) is 18.3 Å². The highest BCUT2D eigenvalue weighted by atomic mass is 15.2. The smallest absolute Gasteiger partial charge is 0.160 e. The van der Waals surface area contributed by atoms with Crippen molar-refractivity contribution in [2.45, 2.75) is 39.3 Å². The quantitative estimate of drug-likeness (QED) is 0.832. The van der Waals surface area contributed by atoms with Crippen LogP contribution in [0.4, 0.5) is 0 Å². The largest absolute Gasteiger partial charge is 0.312 e. The number of fused-ring (bicyclic) bond motifs is 1. The second-order valence-corrected chi connectivity index (χ2v) is 4.85. The molecule has 1 fully saturated rings. The molecule has 0 spiro atoms. The number of imidazole rings is 1. The molecule has 4 nitrogen and oxygen atoms in total. The van der Waals surface area contributed by atoms with E-state index in [0.29, 0.717) is 6.04 Å². The van der Waals surface area contributed by atoms with Gasteiger partial charge < -0.3 is 4.57 Å². The topological polar surface area (TPSA) is 34.0 Å². The predicted octanol–water partition coefficient (Wildman–Crippen LogP) is 2.61. The molecule has 0 aliphatic carbocycles. The SMILES string of the molecule is CCN1CCCC1c1nc2cccnc2n1CC.